The van der Waals surface area contributed by atoms with E-state index in [-0.39, 0.29) is 47.6 Å². The van der Waals surface area contributed by atoms with Gasteiger partial charge in [0.1, 0.15) is 18.3 Å². The Morgan fingerprint density at radius 1 is 0.941 bits per heavy atom. The lowest BCUT2D eigenvalue weighted by Crippen LogP contribution is -2.63. The molecule has 0 radical (unpaired) electrons. The number of aliphatic hydroxyl groups is 1. The maximum Gasteiger partial charge on any atom is 0.293 e. The van der Waals surface area contributed by atoms with Gasteiger partial charge in [0.2, 0.25) is 0 Å². The van der Waals surface area contributed by atoms with Crippen LogP contribution in [0.1, 0.15) is 78.6 Å². The van der Waals surface area contributed by atoms with Gasteiger partial charge in [0, 0.05) is 17.9 Å². The summed E-state index contributed by atoms with van der Waals surface area (Å²) in [5.74, 6) is 1.94. The SMILES string of the molecule is C[C@H](CCCO)[C@H]1CC[C@H]2[C@@H]3[C@H](OC=O)C[C@@H]4C[C@H](OC=O)CC[C@]4(C)[C@H]3C[C@H](OC=O)[C@]12C. The summed E-state index contributed by atoms with van der Waals surface area (Å²) in [6.45, 7) is 8.90. The van der Waals surface area contributed by atoms with Crippen molar-refractivity contribution in [1.82, 2.24) is 0 Å². The smallest absolute Gasteiger partial charge is 0.293 e. The quantitative estimate of drug-likeness (QED) is 0.375. The molecule has 0 aromatic carbocycles. The summed E-state index contributed by atoms with van der Waals surface area (Å²) >= 11 is 0. The molecule has 4 fully saturated rings. The fourth-order valence-electron chi connectivity index (χ4n) is 9.36. The van der Waals surface area contributed by atoms with Crippen LogP contribution in [-0.2, 0) is 28.6 Å². The van der Waals surface area contributed by atoms with Crippen molar-refractivity contribution < 1.29 is 33.7 Å². The molecule has 0 saturated heterocycles. The van der Waals surface area contributed by atoms with Crippen molar-refractivity contribution >= 4 is 19.4 Å². The molecule has 0 aliphatic heterocycles. The number of ether oxygens (including phenoxy) is 3. The molecule has 7 nitrogen and oxygen atoms in total. The van der Waals surface area contributed by atoms with Gasteiger partial charge in [-0.2, -0.15) is 0 Å². The molecule has 34 heavy (non-hydrogen) atoms. The molecular weight excluding hydrogens is 436 g/mol. The number of carbonyl (C=O) groups excluding carboxylic acids is 3. The van der Waals surface area contributed by atoms with Crippen LogP contribution in [0.4, 0.5) is 0 Å². The molecule has 0 unspecified atom stereocenters. The minimum absolute atomic E-state index is 0.0303. The van der Waals surface area contributed by atoms with Crippen molar-refractivity contribution in [2.75, 3.05) is 6.61 Å². The van der Waals surface area contributed by atoms with Crippen molar-refractivity contribution in [3.63, 3.8) is 0 Å². The van der Waals surface area contributed by atoms with Crippen molar-refractivity contribution in [3.8, 4) is 0 Å². The van der Waals surface area contributed by atoms with Crippen molar-refractivity contribution in [2.45, 2.75) is 96.9 Å². The Bertz CT molecular complexity index is 742. The van der Waals surface area contributed by atoms with Crippen molar-refractivity contribution in [1.29, 1.82) is 0 Å². The Kier molecular flexibility index (Phi) is 7.61. The maximum absolute atomic E-state index is 11.7. The molecule has 1 N–H and O–H groups in total. The predicted octanol–water partition coefficient (Wildman–Crippen LogP) is 3.90. The first kappa shape index (κ1) is 25.5. The van der Waals surface area contributed by atoms with Gasteiger partial charge >= 0.3 is 0 Å². The minimum atomic E-state index is -0.178. The number of aliphatic hydroxyl groups excluding tert-OH is 1. The van der Waals surface area contributed by atoms with E-state index in [4.69, 9.17) is 14.2 Å². The number of hydrogen-bond acceptors (Lipinski definition) is 7. The summed E-state index contributed by atoms with van der Waals surface area (Å²) in [5.41, 5.74) is -0.148. The highest BCUT2D eigenvalue weighted by molar-refractivity contribution is 5.39. The third-order valence-electron chi connectivity index (χ3n) is 11.0. The zero-order valence-electron chi connectivity index (χ0n) is 20.9. The van der Waals surface area contributed by atoms with Gasteiger partial charge in [-0.25, -0.2) is 0 Å². The zero-order valence-corrected chi connectivity index (χ0v) is 20.9. The highest BCUT2D eigenvalue weighted by Gasteiger charge is 2.67. The van der Waals surface area contributed by atoms with E-state index in [1.165, 1.54) is 0 Å². The molecule has 4 rings (SSSR count). The summed E-state index contributed by atoms with van der Waals surface area (Å²) in [5, 5.41) is 9.38. The van der Waals surface area contributed by atoms with Gasteiger partial charge in [0.05, 0.1) is 0 Å². The van der Waals surface area contributed by atoms with Gasteiger partial charge in [0.15, 0.2) is 0 Å². The summed E-state index contributed by atoms with van der Waals surface area (Å²) in [7, 11) is 0. The topological polar surface area (TPSA) is 99.1 Å². The van der Waals surface area contributed by atoms with E-state index in [1.807, 2.05) is 0 Å². The average molecular weight is 479 g/mol. The van der Waals surface area contributed by atoms with Crippen molar-refractivity contribution in [3.05, 3.63) is 0 Å². The van der Waals surface area contributed by atoms with Crippen LogP contribution in [0.5, 0.6) is 0 Å². The van der Waals surface area contributed by atoms with E-state index in [9.17, 15) is 19.5 Å². The Morgan fingerprint density at radius 3 is 2.35 bits per heavy atom. The van der Waals surface area contributed by atoms with Gasteiger partial charge in [-0.1, -0.05) is 20.8 Å². The molecule has 0 heterocycles. The van der Waals surface area contributed by atoms with Gasteiger partial charge in [-0.15, -0.1) is 0 Å². The maximum atomic E-state index is 11.7. The molecule has 0 bridgehead atoms. The molecule has 4 aliphatic carbocycles. The second kappa shape index (κ2) is 10.2. The zero-order chi connectivity index (χ0) is 24.5. The molecule has 0 aromatic heterocycles. The lowest BCUT2D eigenvalue weighted by molar-refractivity contribution is -0.218. The van der Waals surface area contributed by atoms with E-state index < -0.39 is 0 Å². The van der Waals surface area contributed by atoms with Crippen LogP contribution in [0, 0.1) is 46.3 Å². The molecule has 11 atom stereocenters. The summed E-state index contributed by atoms with van der Waals surface area (Å²) in [6.07, 6.45) is 7.61. The minimum Gasteiger partial charge on any atom is -0.465 e. The number of hydrogen-bond donors (Lipinski definition) is 1. The third-order valence-corrected chi connectivity index (χ3v) is 11.0. The highest BCUT2D eigenvalue weighted by Crippen LogP contribution is 2.69. The molecule has 4 aliphatic rings. The van der Waals surface area contributed by atoms with Gasteiger partial charge in [0.25, 0.3) is 19.4 Å². The second-order valence-electron chi connectivity index (χ2n) is 12.0. The third kappa shape index (κ3) is 4.06. The first-order valence-corrected chi connectivity index (χ1v) is 13.2. The number of fused-ring (bicyclic) bond motifs is 5. The van der Waals surface area contributed by atoms with E-state index in [0.29, 0.717) is 43.1 Å². The van der Waals surface area contributed by atoms with E-state index in [1.54, 1.807) is 0 Å². The summed E-state index contributed by atoms with van der Waals surface area (Å²) < 4.78 is 17.1. The van der Waals surface area contributed by atoms with Crippen LogP contribution in [0.2, 0.25) is 0 Å². The molecular formula is C27H42O7. The summed E-state index contributed by atoms with van der Waals surface area (Å²) in [4.78, 5) is 34.3. The number of carbonyl (C=O) groups is 3. The van der Waals surface area contributed by atoms with Gasteiger partial charge < -0.3 is 19.3 Å². The summed E-state index contributed by atoms with van der Waals surface area (Å²) in [6, 6.07) is 0. The van der Waals surface area contributed by atoms with Crippen LogP contribution in [0.25, 0.3) is 0 Å². The van der Waals surface area contributed by atoms with Crippen LogP contribution in [0.3, 0.4) is 0 Å². The lowest BCUT2D eigenvalue weighted by Gasteiger charge is -2.64. The van der Waals surface area contributed by atoms with Crippen LogP contribution in [-0.4, -0.2) is 49.4 Å². The Labute approximate surface area is 203 Å². The van der Waals surface area contributed by atoms with Crippen LogP contribution in [0.15, 0.2) is 0 Å². The Balaban J connectivity index is 1.69. The Hall–Kier alpha value is -1.63. The molecule has 0 amide bonds. The standard InChI is InChI=1S/C27H42O7/c1-17(5-4-10-28)20-6-7-21-25-22(13-24(34-16-31)27(20,21)3)26(2)9-8-19(32-14-29)11-18(26)12-23(25)33-15-30/h14-25,28H,4-13H2,1-3H3/t17-,18+,19-,20-,21+,22+,23-,24+,25+,26+,27-/m1/s1. The second-order valence-corrected chi connectivity index (χ2v) is 12.0. The normalized spacial score (nSPS) is 46.2. The first-order valence-electron chi connectivity index (χ1n) is 13.2. The Morgan fingerprint density at radius 2 is 1.68 bits per heavy atom. The molecule has 0 spiro atoms. The lowest BCUT2D eigenvalue weighted by atomic mass is 9.43. The van der Waals surface area contributed by atoms with Gasteiger partial charge in [-0.05, 0) is 92.8 Å². The van der Waals surface area contributed by atoms with Crippen molar-refractivity contribution in [2.24, 2.45) is 46.3 Å². The average Bonchev–Trinajstić information content (AvgIpc) is 3.17. The molecule has 0 aromatic rings. The van der Waals surface area contributed by atoms with Crippen LogP contribution >= 0.6 is 0 Å². The molecule has 7 heteroatoms. The van der Waals surface area contributed by atoms with E-state index in [0.717, 1.165) is 57.8 Å². The highest BCUT2D eigenvalue weighted by atomic mass is 16.5. The monoisotopic (exact) mass is 478 g/mol. The number of rotatable bonds is 10. The van der Waals surface area contributed by atoms with Crippen LogP contribution < -0.4 is 0 Å². The molecule has 192 valence electrons. The van der Waals surface area contributed by atoms with Gasteiger partial charge in [-0.3, -0.25) is 14.4 Å². The fraction of sp³-hybridized carbons (Fsp3) is 0.889. The molecule has 4 saturated carbocycles. The largest absolute Gasteiger partial charge is 0.465 e. The van der Waals surface area contributed by atoms with E-state index >= 15 is 0 Å². The predicted molar refractivity (Wildman–Crippen MR) is 124 cm³/mol. The first-order chi connectivity index (χ1) is 16.3. The van der Waals surface area contributed by atoms with E-state index in [2.05, 4.69) is 20.8 Å². The fourth-order valence-corrected chi connectivity index (χ4v) is 9.36.